The quantitative estimate of drug-likeness (QED) is 0.198. The van der Waals surface area contributed by atoms with E-state index >= 15 is 0 Å². The minimum atomic E-state index is -1.35. The Labute approximate surface area is 195 Å². The lowest BCUT2D eigenvalue weighted by Crippen LogP contribution is -2.55. The minimum Gasteiger partial charge on any atom is -0.480 e. The first-order valence-corrected chi connectivity index (χ1v) is 10.7. The van der Waals surface area contributed by atoms with Crippen molar-refractivity contribution in [2.75, 3.05) is 6.54 Å². The lowest BCUT2D eigenvalue weighted by Gasteiger charge is -2.21. The summed E-state index contributed by atoms with van der Waals surface area (Å²) in [6.45, 7) is 2.69. The third-order valence-electron chi connectivity index (χ3n) is 5.16. The SMILES string of the molecule is CC(C)C(NC(=O)CNC(=O)C(CC(N)=O)NC(=O)C(N)Cc1c[nH]c2ccccc12)C(=O)O. The second kappa shape index (κ2) is 11.8. The fourth-order valence-electron chi connectivity index (χ4n) is 3.35. The molecule has 0 spiro atoms. The van der Waals surface area contributed by atoms with Gasteiger partial charge in [0.25, 0.3) is 0 Å². The maximum absolute atomic E-state index is 12.6. The van der Waals surface area contributed by atoms with Crippen LogP contribution in [0, 0.1) is 5.92 Å². The highest BCUT2D eigenvalue weighted by Crippen LogP contribution is 2.18. The molecular weight excluding hydrogens is 444 g/mol. The van der Waals surface area contributed by atoms with Crippen molar-refractivity contribution in [2.24, 2.45) is 17.4 Å². The van der Waals surface area contributed by atoms with Crippen LogP contribution < -0.4 is 27.4 Å². The highest BCUT2D eigenvalue weighted by molar-refractivity contribution is 5.95. The van der Waals surface area contributed by atoms with E-state index in [1.807, 2.05) is 24.3 Å². The third-order valence-corrected chi connectivity index (χ3v) is 5.16. The van der Waals surface area contributed by atoms with E-state index < -0.39 is 60.7 Å². The Bertz CT molecular complexity index is 1070. The van der Waals surface area contributed by atoms with E-state index in [4.69, 9.17) is 16.6 Å². The molecule has 0 fully saturated rings. The number of hydrogen-bond donors (Lipinski definition) is 7. The summed E-state index contributed by atoms with van der Waals surface area (Å²) in [6.07, 6.45) is 1.41. The van der Waals surface area contributed by atoms with Gasteiger partial charge in [0.1, 0.15) is 12.1 Å². The van der Waals surface area contributed by atoms with Gasteiger partial charge in [-0.25, -0.2) is 4.79 Å². The molecule has 3 unspecified atom stereocenters. The van der Waals surface area contributed by atoms with E-state index in [9.17, 15) is 24.0 Å². The number of hydrogen-bond acceptors (Lipinski definition) is 6. The van der Waals surface area contributed by atoms with Crippen LogP contribution in [0.15, 0.2) is 30.5 Å². The Morgan fingerprint density at radius 3 is 2.35 bits per heavy atom. The van der Waals surface area contributed by atoms with Gasteiger partial charge in [0, 0.05) is 17.1 Å². The summed E-state index contributed by atoms with van der Waals surface area (Å²) in [6, 6.07) is 3.98. The van der Waals surface area contributed by atoms with Gasteiger partial charge >= 0.3 is 5.97 Å². The molecule has 9 N–H and O–H groups in total. The van der Waals surface area contributed by atoms with Gasteiger partial charge < -0.3 is 37.5 Å². The zero-order valence-electron chi connectivity index (χ0n) is 19.0. The molecule has 12 heteroatoms. The van der Waals surface area contributed by atoms with Gasteiger partial charge in [0.2, 0.25) is 23.6 Å². The van der Waals surface area contributed by atoms with E-state index in [0.717, 1.165) is 16.5 Å². The van der Waals surface area contributed by atoms with E-state index in [1.54, 1.807) is 20.0 Å². The Hall–Kier alpha value is -3.93. The van der Waals surface area contributed by atoms with Crippen molar-refractivity contribution in [3.05, 3.63) is 36.0 Å². The number of aromatic amines is 1. The number of primary amides is 1. The van der Waals surface area contributed by atoms with Crippen molar-refractivity contribution in [3.63, 3.8) is 0 Å². The van der Waals surface area contributed by atoms with Crippen LogP contribution in [-0.4, -0.2) is 64.4 Å². The molecule has 184 valence electrons. The number of aromatic nitrogens is 1. The van der Waals surface area contributed by atoms with E-state index in [1.165, 1.54) is 0 Å². The number of H-pyrrole nitrogens is 1. The maximum atomic E-state index is 12.6. The van der Waals surface area contributed by atoms with Crippen molar-refractivity contribution < 1.29 is 29.1 Å². The van der Waals surface area contributed by atoms with Crippen molar-refractivity contribution in [2.45, 2.75) is 44.8 Å². The zero-order valence-corrected chi connectivity index (χ0v) is 19.0. The molecule has 1 heterocycles. The van der Waals surface area contributed by atoms with Crippen LogP contribution in [-0.2, 0) is 30.4 Å². The van der Waals surface area contributed by atoms with Crippen molar-refractivity contribution >= 4 is 40.5 Å². The van der Waals surface area contributed by atoms with Crippen LogP contribution in [0.2, 0.25) is 0 Å². The summed E-state index contributed by atoms with van der Waals surface area (Å²) in [5, 5.41) is 17.0. The number of para-hydroxylation sites is 1. The predicted octanol–water partition coefficient (Wildman–Crippen LogP) is -1.26. The summed E-state index contributed by atoms with van der Waals surface area (Å²) >= 11 is 0. The van der Waals surface area contributed by atoms with Crippen molar-refractivity contribution in [3.8, 4) is 0 Å². The van der Waals surface area contributed by atoms with Gasteiger partial charge in [0.15, 0.2) is 0 Å². The van der Waals surface area contributed by atoms with Gasteiger partial charge in [-0.05, 0) is 24.0 Å². The molecule has 1 aromatic carbocycles. The molecule has 0 radical (unpaired) electrons. The van der Waals surface area contributed by atoms with Gasteiger partial charge in [0.05, 0.1) is 19.0 Å². The molecule has 4 amide bonds. The average Bonchev–Trinajstić information content (AvgIpc) is 3.17. The number of nitrogens with one attached hydrogen (secondary N) is 4. The van der Waals surface area contributed by atoms with Crippen LogP contribution in [0.4, 0.5) is 0 Å². The number of fused-ring (bicyclic) bond motifs is 1. The van der Waals surface area contributed by atoms with Gasteiger partial charge in [-0.1, -0.05) is 32.0 Å². The van der Waals surface area contributed by atoms with E-state index in [0.29, 0.717) is 0 Å². The Morgan fingerprint density at radius 2 is 1.74 bits per heavy atom. The first-order chi connectivity index (χ1) is 16.0. The largest absolute Gasteiger partial charge is 0.480 e. The zero-order chi connectivity index (χ0) is 25.4. The molecule has 12 nitrogen and oxygen atoms in total. The monoisotopic (exact) mass is 474 g/mol. The summed E-state index contributed by atoms with van der Waals surface area (Å²) in [4.78, 5) is 62.9. The lowest BCUT2D eigenvalue weighted by molar-refractivity contribution is -0.143. The lowest BCUT2D eigenvalue weighted by atomic mass is 10.0. The van der Waals surface area contributed by atoms with Crippen LogP contribution in [0.1, 0.15) is 25.8 Å². The molecular formula is C22H30N6O6. The average molecular weight is 475 g/mol. The summed E-state index contributed by atoms with van der Waals surface area (Å²) in [5.74, 6) is -4.69. The summed E-state index contributed by atoms with van der Waals surface area (Å²) in [7, 11) is 0. The highest BCUT2D eigenvalue weighted by Gasteiger charge is 2.27. The molecule has 0 aliphatic carbocycles. The molecule has 0 aliphatic rings. The number of carbonyl (C=O) groups is 5. The summed E-state index contributed by atoms with van der Waals surface area (Å²) < 4.78 is 0. The highest BCUT2D eigenvalue weighted by atomic mass is 16.4. The molecule has 2 aromatic rings. The second-order valence-corrected chi connectivity index (χ2v) is 8.25. The van der Waals surface area contributed by atoms with Crippen LogP contribution in [0.3, 0.4) is 0 Å². The van der Waals surface area contributed by atoms with Crippen LogP contribution >= 0.6 is 0 Å². The smallest absolute Gasteiger partial charge is 0.326 e. The number of benzene rings is 1. The number of amides is 4. The molecule has 0 saturated heterocycles. The normalized spacial score (nSPS) is 13.6. The Morgan fingerprint density at radius 1 is 1.06 bits per heavy atom. The number of carboxylic acid groups (broad SMARTS) is 1. The molecule has 0 aliphatic heterocycles. The number of nitrogens with two attached hydrogens (primary N) is 2. The number of carboxylic acids is 1. The van der Waals surface area contributed by atoms with E-state index in [2.05, 4.69) is 20.9 Å². The molecule has 0 saturated carbocycles. The first-order valence-electron chi connectivity index (χ1n) is 10.7. The van der Waals surface area contributed by atoms with Crippen LogP contribution in [0.5, 0.6) is 0 Å². The molecule has 2 rings (SSSR count). The fraction of sp³-hybridized carbons (Fsp3) is 0.409. The standard InChI is InChI=1S/C22H30N6O6/c1-11(2)19(22(33)34)28-18(30)10-26-21(32)16(8-17(24)29)27-20(31)14(23)7-12-9-25-15-6-4-3-5-13(12)15/h3-6,9,11,14,16,19,25H,7-8,10,23H2,1-2H3,(H2,24,29)(H,26,32)(H,27,31)(H,28,30)(H,33,34). The number of rotatable bonds is 12. The fourth-order valence-corrected chi connectivity index (χ4v) is 3.35. The molecule has 0 bridgehead atoms. The molecule has 1 aromatic heterocycles. The maximum Gasteiger partial charge on any atom is 0.326 e. The number of carbonyl (C=O) groups excluding carboxylic acids is 4. The van der Waals surface area contributed by atoms with Gasteiger partial charge in [-0.3, -0.25) is 19.2 Å². The minimum absolute atomic E-state index is 0.176. The third kappa shape index (κ3) is 7.30. The predicted molar refractivity (Wildman–Crippen MR) is 123 cm³/mol. The van der Waals surface area contributed by atoms with Crippen molar-refractivity contribution in [1.29, 1.82) is 0 Å². The topological polar surface area (TPSA) is 209 Å². The Balaban J connectivity index is 1.97. The van der Waals surface area contributed by atoms with Crippen molar-refractivity contribution in [1.82, 2.24) is 20.9 Å². The molecule has 3 atom stereocenters. The van der Waals surface area contributed by atoms with Crippen LogP contribution in [0.25, 0.3) is 10.9 Å². The summed E-state index contributed by atoms with van der Waals surface area (Å²) in [5.41, 5.74) is 12.9. The molecule has 34 heavy (non-hydrogen) atoms. The Kier molecular flexibility index (Phi) is 9.13. The van der Waals surface area contributed by atoms with Gasteiger partial charge in [-0.2, -0.15) is 0 Å². The first kappa shape index (κ1) is 26.3. The second-order valence-electron chi connectivity index (χ2n) is 8.25. The van der Waals surface area contributed by atoms with Gasteiger partial charge in [-0.15, -0.1) is 0 Å². The number of aliphatic carboxylic acids is 1. The van der Waals surface area contributed by atoms with E-state index in [-0.39, 0.29) is 12.3 Å².